The number of rotatable bonds is 2. The molecule has 0 spiro atoms. The third-order valence-electron chi connectivity index (χ3n) is 4.23. The predicted octanol–water partition coefficient (Wildman–Crippen LogP) is 3.83. The van der Waals surface area contributed by atoms with Gasteiger partial charge >= 0.3 is 0 Å². The van der Waals surface area contributed by atoms with E-state index < -0.39 is 0 Å². The smallest absolute Gasteiger partial charge is 0.171 e. The van der Waals surface area contributed by atoms with Crippen molar-refractivity contribution in [3.8, 4) is 5.75 Å². The molecule has 1 fully saturated rings. The van der Waals surface area contributed by atoms with Crippen LogP contribution in [-0.2, 0) is 0 Å². The highest BCUT2D eigenvalue weighted by atomic mass is 35.5. The summed E-state index contributed by atoms with van der Waals surface area (Å²) in [5, 5.41) is 0.617. The number of carbonyl (C=O) groups excluding carboxylic acids is 1. The van der Waals surface area contributed by atoms with Crippen LogP contribution in [0.2, 0.25) is 5.02 Å². The molecule has 2 heterocycles. The predicted molar refractivity (Wildman–Crippen MR) is 86.9 cm³/mol. The summed E-state index contributed by atoms with van der Waals surface area (Å²) in [6.07, 6.45) is 4.62. The summed E-state index contributed by atoms with van der Waals surface area (Å²) in [5.41, 5.74) is 0.689. The third-order valence-corrected chi connectivity index (χ3v) is 4.47. The normalized spacial score (nSPS) is 22.7. The standard InChI is InChI=1S/C16H20ClNO2.ClH/c17-13-4-5-14-15(10-13)20-9-6-12(16(14)19)11-18-7-2-1-3-8-18;/h4-5,10,12H,1-3,6-9,11H2;1H. The van der Waals surface area contributed by atoms with E-state index in [1.807, 2.05) is 0 Å². The van der Waals surface area contributed by atoms with E-state index in [1.165, 1.54) is 19.3 Å². The lowest BCUT2D eigenvalue weighted by Gasteiger charge is -2.29. The van der Waals surface area contributed by atoms with Crippen LogP contribution in [0.4, 0.5) is 0 Å². The number of carbonyl (C=O) groups is 1. The van der Waals surface area contributed by atoms with Crippen LogP contribution in [0.15, 0.2) is 18.2 Å². The van der Waals surface area contributed by atoms with Gasteiger partial charge in [0.15, 0.2) is 5.78 Å². The van der Waals surface area contributed by atoms with Gasteiger partial charge in [-0.1, -0.05) is 18.0 Å². The molecule has 1 aromatic rings. The average molecular weight is 330 g/mol. The molecule has 1 unspecified atom stereocenters. The number of nitrogens with zero attached hydrogens (tertiary/aromatic N) is 1. The second kappa shape index (κ2) is 7.48. The van der Waals surface area contributed by atoms with Gasteiger partial charge in [-0.05, 0) is 50.6 Å². The lowest BCUT2D eigenvalue weighted by molar-refractivity contribution is 0.0859. The molecule has 0 N–H and O–H groups in total. The van der Waals surface area contributed by atoms with E-state index in [0.29, 0.717) is 22.9 Å². The molecular weight excluding hydrogens is 309 g/mol. The molecule has 2 aliphatic rings. The molecule has 0 amide bonds. The Labute approximate surface area is 137 Å². The second-order valence-corrected chi connectivity index (χ2v) is 6.14. The summed E-state index contributed by atoms with van der Waals surface area (Å²) < 4.78 is 5.70. The first-order chi connectivity index (χ1) is 9.74. The number of Topliss-reactive ketones (excluding diaryl/α,β-unsaturated/α-hetero) is 1. The van der Waals surface area contributed by atoms with Crippen molar-refractivity contribution >= 4 is 29.8 Å². The van der Waals surface area contributed by atoms with Crippen molar-refractivity contribution in [1.29, 1.82) is 0 Å². The number of halogens is 2. The molecule has 21 heavy (non-hydrogen) atoms. The number of piperidine rings is 1. The Morgan fingerprint density at radius 2 is 2.00 bits per heavy atom. The zero-order valence-electron chi connectivity index (χ0n) is 12.0. The molecule has 3 nitrogen and oxygen atoms in total. The van der Waals surface area contributed by atoms with Crippen LogP contribution in [-0.4, -0.2) is 36.9 Å². The fourth-order valence-corrected chi connectivity index (χ4v) is 3.27. The Kier molecular flexibility index (Phi) is 5.91. The number of hydrogen-bond donors (Lipinski definition) is 0. The van der Waals surface area contributed by atoms with E-state index in [-0.39, 0.29) is 24.1 Å². The first-order valence-electron chi connectivity index (χ1n) is 7.43. The molecule has 0 aromatic heterocycles. The van der Waals surface area contributed by atoms with Crippen molar-refractivity contribution in [2.75, 3.05) is 26.2 Å². The Morgan fingerprint density at radius 3 is 2.76 bits per heavy atom. The van der Waals surface area contributed by atoms with Crippen LogP contribution in [0.3, 0.4) is 0 Å². The van der Waals surface area contributed by atoms with Crippen LogP contribution in [0.25, 0.3) is 0 Å². The Hall–Kier alpha value is -0.770. The fraction of sp³-hybridized carbons (Fsp3) is 0.562. The first-order valence-corrected chi connectivity index (χ1v) is 7.81. The van der Waals surface area contributed by atoms with Gasteiger partial charge in [-0.25, -0.2) is 0 Å². The fourth-order valence-electron chi connectivity index (χ4n) is 3.11. The van der Waals surface area contributed by atoms with Crippen molar-refractivity contribution in [2.45, 2.75) is 25.7 Å². The van der Waals surface area contributed by atoms with Gasteiger partial charge in [0.05, 0.1) is 12.2 Å². The van der Waals surface area contributed by atoms with E-state index in [9.17, 15) is 4.79 Å². The maximum Gasteiger partial charge on any atom is 0.171 e. The molecule has 3 rings (SSSR count). The van der Waals surface area contributed by atoms with Crippen molar-refractivity contribution in [3.63, 3.8) is 0 Å². The molecule has 1 saturated heterocycles. The molecule has 0 aliphatic carbocycles. The summed E-state index contributed by atoms with van der Waals surface area (Å²) in [6, 6.07) is 5.32. The first kappa shape index (κ1) is 16.6. The molecule has 116 valence electrons. The number of ketones is 1. The maximum absolute atomic E-state index is 12.7. The van der Waals surface area contributed by atoms with Crippen LogP contribution in [0.1, 0.15) is 36.0 Å². The maximum atomic E-state index is 12.7. The van der Waals surface area contributed by atoms with Gasteiger partial charge in [0.25, 0.3) is 0 Å². The minimum atomic E-state index is 0. The highest BCUT2D eigenvalue weighted by Gasteiger charge is 2.28. The molecule has 1 aromatic carbocycles. The Bertz CT molecular complexity index is 501. The topological polar surface area (TPSA) is 29.5 Å². The molecule has 0 bridgehead atoms. The van der Waals surface area contributed by atoms with Crippen LogP contribution in [0, 0.1) is 5.92 Å². The van der Waals surface area contributed by atoms with Gasteiger partial charge in [0.1, 0.15) is 5.75 Å². The van der Waals surface area contributed by atoms with Crippen molar-refractivity contribution < 1.29 is 9.53 Å². The molecule has 0 saturated carbocycles. The number of benzene rings is 1. The van der Waals surface area contributed by atoms with Crippen molar-refractivity contribution in [3.05, 3.63) is 28.8 Å². The summed E-state index contributed by atoms with van der Waals surface area (Å²) in [7, 11) is 0. The highest BCUT2D eigenvalue weighted by molar-refractivity contribution is 6.30. The van der Waals surface area contributed by atoms with Gasteiger partial charge in [0.2, 0.25) is 0 Å². The molecular formula is C16H21Cl2NO2. The van der Waals surface area contributed by atoms with Crippen molar-refractivity contribution in [2.24, 2.45) is 5.92 Å². The van der Waals surface area contributed by atoms with Crippen molar-refractivity contribution in [1.82, 2.24) is 4.90 Å². The van der Waals surface area contributed by atoms with Gasteiger partial charge < -0.3 is 9.64 Å². The van der Waals surface area contributed by atoms with E-state index >= 15 is 0 Å². The van der Waals surface area contributed by atoms with Crippen LogP contribution in [0.5, 0.6) is 5.75 Å². The van der Waals surface area contributed by atoms with Crippen LogP contribution < -0.4 is 4.74 Å². The summed E-state index contributed by atoms with van der Waals surface area (Å²) in [6.45, 7) is 3.71. The number of ether oxygens (including phenoxy) is 1. The summed E-state index contributed by atoms with van der Waals surface area (Å²) >= 11 is 5.97. The minimum Gasteiger partial charge on any atom is -0.493 e. The van der Waals surface area contributed by atoms with Gasteiger partial charge in [0, 0.05) is 17.5 Å². The number of fused-ring (bicyclic) bond motifs is 1. The van der Waals surface area contributed by atoms with E-state index in [2.05, 4.69) is 4.90 Å². The largest absolute Gasteiger partial charge is 0.493 e. The molecule has 2 aliphatic heterocycles. The summed E-state index contributed by atoms with van der Waals surface area (Å²) in [5.74, 6) is 0.902. The summed E-state index contributed by atoms with van der Waals surface area (Å²) in [4.78, 5) is 15.1. The lowest BCUT2D eigenvalue weighted by Crippen LogP contribution is -2.36. The lowest BCUT2D eigenvalue weighted by atomic mass is 9.94. The average Bonchev–Trinajstić information content (AvgIpc) is 2.60. The SMILES string of the molecule is Cl.O=C1c2ccc(Cl)cc2OCCC1CN1CCCCC1. The molecule has 0 radical (unpaired) electrons. The molecule has 5 heteroatoms. The number of hydrogen-bond acceptors (Lipinski definition) is 3. The Morgan fingerprint density at radius 1 is 1.24 bits per heavy atom. The monoisotopic (exact) mass is 329 g/mol. The zero-order chi connectivity index (χ0) is 13.9. The van der Waals surface area contributed by atoms with Gasteiger partial charge in [-0.3, -0.25) is 4.79 Å². The van der Waals surface area contributed by atoms with Gasteiger partial charge in [-0.2, -0.15) is 0 Å². The van der Waals surface area contributed by atoms with E-state index in [1.54, 1.807) is 18.2 Å². The highest BCUT2D eigenvalue weighted by Crippen LogP contribution is 2.30. The van der Waals surface area contributed by atoms with E-state index in [4.69, 9.17) is 16.3 Å². The Balaban J connectivity index is 0.00000161. The minimum absolute atomic E-state index is 0. The van der Waals surface area contributed by atoms with E-state index in [0.717, 1.165) is 26.1 Å². The zero-order valence-corrected chi connectivity index (χ0v) is 13.6. The number of likely N-dealkylation sites (tertiary alicyclic amines) is 1. The quantitative estimate of drug-likeness (QED) is 0.825. The van der Waals surface area contributed by atoms with Crippen LogP contribution >= 0.6 is 24.0 Å². The molecule has 1 atom stereocenters. The second-order valence-electron chi connectivity index (χ2n) is 5.70. The van der Waals surface area contributed by atoms with Gasteiger partial charge in [-0.15, -0.1) is 12.4 Å². The third kappa shape index (κ3) is 3.91.